The van der Waals surface area contributed by atoms with Gasteiger partial charge in [0.15, 0.2) is 0 Å². The molecule has 0 heterocycles. The van der Waals surface area contributed by atoms with Gasteiger partial charge in [-0.1, -0.05) is 26.3 Å². The van der Waals surface area contributed by atoms with Gasteiger partial charge in [0.2, 0.25) is 0 Å². The fourth-order valence-electron chi connectivity index (χ4n) is 1.68. The molecule has 0 radical (unpaired) electrons. The zero-order chi connectivity index (χ0) is 9.35. The van der Waals surface area contributed by atoms with E-state index in [1.807, 2.05) is 0 Å². The highest BCUT2D eigenvalue weighted by atomic mass is 16.1. The molecule has 1 aliphatic carbocycles. The lowest BCUT2D eigenvalue weighted by Gasteiger charge is -2.21. The van der Waals surface area contributed by atoms with Gasteiger partial charge in [-0.15, -0.1) is 0 Å². The summed E-state index contributed by atoms with van der Waals surface area (Å²) >= 11 is 0. The molecule has 62 valence electrons. The molecule has 0 spiro atoms. The minimum atomic E-state index is -0.475. The highest BCUT2D eigenvalue weighted by Gasteiger charge is 2.24. The summed E-state index contributed by atoms with van der Waals surface area (Å²) in [7, 11) is 0. The van der Waals surface area contributed by atoms with Gasteiger partial charge in [-0.25, -0.2) is 0 Å². The molecule has 0 atom stereocenters. The molecule has 11 heavy (non-hydrogen) atoms. The molecule has 0 aromatic heterocycles. The van der Waals surface area contributed by atoms with Crippen LogP contribution in [0.3, 0.4) is 0 Å². The Bertz CT molecular complexity index is 233. The quantitative estimate of drug-likeness (QED) is 0.529. The summed E-state index contributed by atoms with van der Waals surface area (Å²) in [5.41, 5.74) is 2.03. The van der Waals surface area contributed by atoms with Crippen LogP contribution in [-0.2, 0) is 4.79 Å². The molecule has 1 aliphatic rings. The number of rotatable bonds is 1. The van der Waals surface area contributed by atoms with Crippen LogP contribution in [0.2, 0.25) is 0 Å². The Kier molecular flexibility index (Phi) is 1.80. The predicted octanol–water partition coefficient (Wildman–Crippen LogP) is 2.71. The molecule has 0 aromatic carbocycles. The van der Waals surface area contributed by atoms with Crippen molar-refractivity contribution in [1.82, 2.24) is 0 Å². The molecule has 0 saturated carbocycles. The van der Waals surface area contributed by atoms with Crippen LogP contribution in [0.5, 0.6) is 0 Å². The lowest BCUT2D eigenvalue weighted by molar-refractivity contribution is -0.105. The number of aldehydes is 1. The lowest BCUT2D eigenvalue weighted by atomic mass is 9.84. The standard InChI is InChI=1S/C10H16O/c1-10(2,3)9-6-4-5-8(9)7-11/h7H,4-6H2,1-3H3/i7D. The molecule has 1 heteroatoms. The van der Waals surface area contributed by atoms with Gasteiger partial charge >= 0.3 is 0 Å². The third-order valence-electron chi connectivity index (χ3n) is 2.25. The summed E-state index contributed by atoms with van der Waals surface area (Å²) in [4.78, 5) is 10.9. The summed E-state index contributed by atoms with van der Waals surface area (Å²) in [5, 5.41) is 0. The molecule has 0 aliphatic heterocycles. The van der Waals surface area contributed by atoms with Gasteiger partial charge in [0, 0.05) is 0 Å². The normalized spacial score (nSPS) is 20.5. The zero-order valence-corrected chi connectivity index (χ0v) is 7.53. The first-order valence-corrected chi connectivity index (χ1v) is 4.16. The fraction of sp³-hybridized carbons (Fsp3) is 0.700. The Labute approximate surface area is 69.9 Å². The maximum absolute atomic E-state index is 10.9. The summed E-state index contributed by atoms with van der Waals surface area (Å²) in [6.45, 7) is 6.32. The van der Waals surface area contributed by atoms with E-state index < -0.39 is 6.26 Å². The Morgan fingerprint density at radius 3 is 2.45 bits per heavy atom. The largest absolute Gasteiger partial charge is 0.298 e. The van der Waals surface area contributed by atoms with Crippen LogP contribution in [0.1, 0.15) is 41.4 Å². The first kappa shape index (κ1) is 7.08. The predicted molar refractivity (Wildman–Crippen MR) is 46.4 cm³/mol. The van der Waals surface area contributed by atoms with Crippen molar-refractivity contribution in [1.29, 1.82) is 0 Å². The van der Waals surface area contributed by atoms with Gasteiger partial charge in [0.05, 0.1) is 0 Å². The monoisotopic (exact) mass is 153 g/mol. The second-order valence-electron chi connectivity index (χ2n) is 4.16. The van der Waals surface area contributed by atoms with Gasteiger partial charge in [-0.3, -0.25) is 4.79 Å². The minimum Gasteiger partial charge on any atom is -0.298 e. The summed E-state index contributed by atoms with van der Waals surface area (Å²) < 4.78 is 7.09. The molecule has 0 unspecified atom stereocenters. The molecular formula is C10H16O. The number of hydrogen-bond donors (Lipinski definition) is 0. The van der Waals surface area contributed by atoms with Crippen molar-refractivity contribution in [2.45, 2.75) is 40.0 Å². The van der Waals surface area contributed by atoms with E-state index in [1.165, 1.54) is 5.57 Å². The fourth-order valence-corrected chi connectivity index (χ4v) is 1.68. The number of carbonyl (C=O) groups is 1. The molecule has 1 rings (SSSR count). The summed E-state index contributed by atoms with van der Waals surface area (Å²) in [5.74, 6) is 0. The van der Waals surface area contributed by atoms with E-state index in [0.717, 1.165) is 24.8 Å². The highest BCUT2D eigenvalue weighted by molar-refractivity contribution is 5.75. The highest BCUT2D eigenvalue weighted by Crippen LogP contribution is 2.37. The van der Waals surface area contributed by atoms with E-state index in [1.54, 1.807) is 0 Å². The van der Waals surface area contributed by atoms with Crippen molar-refractivity contribution in [2.24, 2.45) is 5.41 Å². The van der Waals surface area contributed by atoms with Crippen molar-refractivity contribution in [3.8, 4) is 0 Å². The number of carbonyl (C=O) groups excluding carboxylic acids is 1. The molecule has 0 amide bonds. The molecular weight excluding hydrogens is 136 g/mol. The van der Waals surface area contributed by atoms with E-state index in [2.05, 4.69) is 20.8 Å². The number of allylic oxidation sites excluding steroid dienone is 2. The third kappa shape index (κ3) is 1.70. The van der Waals surface area contributed by atoms with Crippen molar-refractivity contribution >= 4 is 6.26 Å². The van der Waals surface area contributed by atoms with Crippen LogP contribution >= 0.6 is 0 Å². The molecule has 0 fully saturated rings. The zero-order valence-electron chi connectivity index (χ0n) is 8.53. The Morgan fingerprint density at radius 1 is 1.45 bits per heavy atom. The van der Waals surface area contributed by atoms with E-state index >= 15 is 0 Å². The average molecular weight is 153 g/mol. The van der Waals surface area contributed by atoms with Crippen LogP contribution in [-0.4, -0.2) is 6.26 Å². The van der Waals surface area contributed by atoms with Crippen molar-refractivity contribution < 1.29 is 6.17 Å². The molecule has 0 aromatic rings. The second kappa shape index (κ2) is 2.80. The van der Waals surface area contributed by atoms with Gasteiger partial charge in [-0.05, 0) is 30.3 Å². The number of hydrogen-bond acceptors (Lipinski definition) is 1. The molecule has 1 nitrogen and oxygen atoms in total. The maximum Gasteiger partial charge on any atom is 0.145 e. The van der Waals surface area contributed by atoms with Gasteiger partial charge in [0.1, 0.15) is 7.63 Å². The van der Waals surface area contributed by atoms with Crippen LogP contribution in [0.4, 0.5) is 0 Å². The van der Waals surface area contributed by atoms with Gasteiger partial charge in [-0.2, -0.15) is 0 Å². The van der Waals surface area contributed by atoms with E-state index in [0.29, 0.717) is 0 Å². The second-order valence-corrected chi connectivity index (χ2v) is 4.16. The van der Waals surface area contributed by atoms with Gasteiger partial charge < -0.3 is 0 Å². The van der Waals surface area contributed by atoms with Crippen LogP contribution in [0.25, 0.3) is 0 Å². The first-order valence-electron chi connectivity index (χ1n) is 4.66. The lowest BCUT2D eigenvalue weighted by Crippen LogP contribution is -2.09. The van der Waals surface area contributed by atoms with E-state index in [4.69, 9.17) is 1.37 Å². The molecule has 0 N–H and O–H groups in total. The minimum absolute atomic E-state index is 0.0720. The molecule has 0 bridgehead atoms. The van der Waals surface area contributed by atoms with Crippen LogP contribution < -0.4 is 0 Å². The van der Waals surface area contributed by atoms with Crippen molar-refractivity contribution in [3.05, 3.63) is 11.1 Å². The Morgan fingerprint density at radius 2 is 2.09 bits per heavy atom. The summed E-state index contributed by atoms with van der Waals surface area (Å²) in [6, 6.07) is 0. The first-order chi connectivity index (χ1) is 5.43. The third-order valence-corrected chi connectivity index (χ3v) is 2.25. The van der Waals surface area contributed by atoms with E-state index in [-0.39, 0.29) is 5.41 Å². The van der Waals surface area contributed by atoms with Crippen LogP contribution in [0, 0.1) is 5.41 Å². The average Bonchev–Trinajstić information content (AvgIpc) is 2.30. The Hall–Kier alpha value is -0.590. The molecule has 0 saturated heterocycles. The Balaban J connectivity index is 3.00. The van der Waals surface area contributed by atoms with Crippen molar-refractivity contribution in [2.75, 3.05) is 0 Å². The van der Waals surface area contributed by atoms with Crippen molar-refractivity contribution in [3.63, 3.8) is 0 Å². The van der Waals surface area contributed by atoms with Gasteiger partial charge in [0.25, 0.3) is 0 Å². The van der Waals surface area contributed by atoms with Crippen LogP contribution in [0.15, 0.2) is 11.1 Å². The summed E-state index contributed by atoms with van der Waals surface area (Å²) in [6.07, 6.45) is 2.39. The topological polar surface area (TPSA) is 17.1 Å². The SMILES string of the molecule is [2H]C(=O)C1=C(C(C)(C)C)CCC1. The maximum atomic E-state index is 10.9. The smallest absolute Gasteiger partial charge is 0.145 e. The van der Waals surface area contributed by atoms with E-state index in [9.17, 15) is 4.79 Å².